The maximum atomic E-state index is 12.5. The van der Waals surface area contributed by atoms with Gasteiger partial charge in [0.15, 0.2) is 6.10 Å². The first-order chi connectivity index (χ1) is 14.5. The van der Waals surface area contributed by atoms with Gasteiger partial charge in [-0.2, -0.15) is 0 Å². The molecule has 2 aromatic rings. The Hall–Kier alpha value is -2.80. The topological polar surface area (TPSA) is 75.7 Å². The number of ether oxygens (including phenoxy) is 1. The Kier molecular flexibility index (Phi) is 7.52. The number of carbonyl (C=O) groups is 3. The molecule has 7 heteroatoms. The van der Waals surface area contributed by atoms with Crippen LogP contribution in [-0.2, 0) is 25.5 Å². The first-order valence-electron chi connectivity index (χ1n) is 9.94. The Balaban J connectivity index is 1.50. The Morgan fingerprint density at radius 1 is 1.17 bits per heavy atom. The van der Waals surface area contributed by atoms with Crippen LogP contribution in [0.3, 0.4) is 0 Å². The highest BCUT2D eigenvalue weighted by Crippen LogP contribution is 2.25. The van der Waals surface area contributed by atoms with Crippen LogP contribution in [0.2, 0.25) is 0 Å². The number of nitrogens with one attached hydrogen (secondary N) is 1. The number of nitrogens with zero attached hydrogens (tertiary/aromatic N) is 1. The minimum absolute atomic E-state index is 0.0566. The third-order valence-corrected chi connectivity index (χ3v) is 5.88. The van der Waals surface area contributed by atoms with Crippen molar-refractivity contribution in [3.63, 3.8) is 0 Å². The van der Waals surface area contributed by atoms with E-state index >= 15 is 0 Å². The van der Waals surface area contributed by atoms with Crippen molar-refractivity contribution in [3.05, 3.63) is 60.2 Å². The molecule has 1 fully saturated rings. The fraction of sp³-hybridized carbons (Fsp3) is 0.348. The Bertz CT molecular complexity index is 903. The molecule has 0 saturated carbocycles. The summed E-state index contributed by atoms with van der Waals surface area (Å²) < 4.78 is 5.36. The molecule has 3 rings (SSSR count). The van der Waals surface area contributed by atoms with Gasteiger partial charge >= 0.3 is 5.97 Å². The molecule has 2 aromatic carbocycles. The highest BCUT2D eigenvalue weighted by atomic mass is 32.2. The fourth-order valence-corrected chi connectivity index (χ4v) is 3.91. The smallest absolute Gasteiger partial charge is 0.312 e. The summed E-state index contributed by atoms with van der Waals surface area (Å²) in [5, 5.41) is 2.80. The molecule has 1 saturated heterocycles. The molecular formula is C23H26N2O4S. The van der Waals surface area contributed by atoms with E-state index in [2.05, 4.69) is 5.32 Å². The average molecular weight is 427 g/mol. The van der Waals surface area contributed by atoms with Gasteiger partial charge in [0, 0.05) is 24.4 Å². The van der Waals surface area contributed by atoms with Crippen LogP contribution >= 0.6 is 11.8 Å². The molecule has 0 bridgehead atoms. The van der Waals surface area contributed by atoms with Gasteiger partial charge in [-0.15, -0.1) is 11.8 Å². The van der Waals surface area contributed by atoms with Crippen LogP contribution in [0, 0.1) is 5.92 Å². The van der Waals surface area contributed by atoms with E-state index < -0.39 is 23.9 Å². The summed E-state index contributed by atoms with van der Waals surface area (Å²) in [4.78, 5) is 39.9. The van der Waals surface area contributed by atoms with Crippen molar-refractivity contribution in [2.45, 2.75) is 30.8 Å². The number of anilines is 1. The lowest BCUT2D eigenvalue weighted by molar-refractivity contribution is -0.157. The third-order valence-electron chi connectivity index (χ3n) is 5.09. The van der Waals surface area contributed by atoms with Crippen molar-refractivity contribution in [1.82, 2.24) is 4.90 Å². The molecule has 158 valence electrons. The number of amides is 2. The molecule has 2 amide bonds. The van der Waals surface area contributed by atoms with Crippen molar-refractivity contribution in [2.75, 3.05) is 24.7 Å². The maximum absolute atomic E-state index is 12.5. The number of hydrogen-bond acceptors (Lipinski definition) is 5. The number of hydrogen-bond donors (Lipinski definition) is 1. The molecule has 6 nitrogen and oxygen atoms in total. The zero-order valence-electron chi connectivity index (χ0n) is 17.2. The summed E-state index contributed by atoms with van der Waals surface area (Å²) in [6, 6.07) is 17.4. The summed E-state index contributed by atoms with van der Waals surface area (Å²) >= 11 is 1.52. The number of carbonyl (C=O) groups excluding carboxylic acids is 3. The van der Waals surface area contributed by atoms with Gasteiger partial charge in [0.25, 0.3) is 5.91 Å². The van der Waals surface area contributed by atoms with Crippen molar-refractivity contribution < 1.29 is 19.1 Å². The number of benzene rings is 2. The molecule has 0 unspecified atom stereocenters. The molecule has 0 aromatic heterocycles. The Labute approximate surface area is 181 Å². The monoisotopic (exact) mass is 426 g/mol. The van der Waals surface area contributed by atoms with Crippen molar-refractivity contribution >= 4 is 35.2 Å². The van der Waals surface area contributed by atoms with E-state index in [1.165, 1.54) is 11.8 Å². The van der Waals surface area contributed by atoms with Crippen molar-refractivity contribution in [3.8, 4) is 0 Å². The van der Waals surface area contributed by atoms with Gasteiger partial charge in [-0.05, 0) is 37.3 Å². The summed E-state index contributed by atoms with van der Waals surface area (Å²) in [5.41, 5.74) is 1.83. The third kappa shape index (κ3) is 5.63. The van der Waals surface area contributed by atoms with Gasteiger partial charge in [0.2, 0.25) is 5.91 Å². The van der Waals surface area contributed by atoms with Crippen LogP contribution in [0.25, 0.3) is 0 Å². The first-order valence-corrected chi connectivity index (χ1v) is 11.2. The molecule has 1 N–H and O–H groups in total. The highest BCUT2D eigenvalue weighted by Gasteiger charge is 2.36. The summed E-state index contributed by atoms with van der Waals surface area (Å²) in [5.74, 6) is -1.50. The molecule has 1 heterocycles. The van der Waals surface area contributed by atoms with E-state index in [0.29, 0.717) is 18.8 Å². The second kappa shape index (κ2) is 10.3. The Morgan fingerprint density at radius 3 is 2.60 bits per heavy atom. The molecule has 1 aliphatic rings. The number of thioether (sulfide) groups is 1. The molecule has 30 heavy (non-hydrogen) atoms. The lowest BCUT2D eigenvalue weighted by atomic mass is 10.1. The predicted octanol–water partition coefficient (Wildman–Crippen LogP) is 3.37. The maximum Gasteiger partial charge on any atom is 0.312 e. The van der Waals surface area contributed by atoms with Crippen LogP contribution in [-0.4, -0.2) is 48.1 Å². The number of rotatable bonds is 8. The summed E-state index contributed by atoms with van der Waals surface area (Å²) in [7, 11) is 0. The van der Waals surface area contributed by atoms with E-state index in [1.807, 2.05) is 54.8 Å². The standard InChI is InChI=1S/C23H26N2O4S/c1-16(22(27)24-19-10-6-7-11-20(19)30-2)29-23(28)18-14-21(26)25(15-18)13-12-17-8-4-3-5-9-17/h3-11,16,18H,12-15H2,1-2H3,(H,24,27)/t16-,18+/m1/s1. The van der Waals surface area contributed by atoms with Crippen LogP contribution in [0.5, 0.6) is 0 Å². The van der Waals surface area contributed by atoms with Crippen molar-refractivity contribution in [1.29, 1.82) is 0 Å². The van der Waals surface area contributed by atoms with Gasteiger partial charge in [-0.25, -0.2) is 0 Å². The number of esters is 1. The van der Waals surface area contributed by atoms with E-state index in [4.69, 9.17) is 4.74 Å². The molecule has 0 aliphatic carbocycles. The highest BCUT2D eigenvalue weighted by molar-refractivity contribution is 7.98. The molecule has 2 atom stereocenters. The molecular weight excluding hydrogens is 400 g/mol. The lowest BCUT2D eigenvalue weighted by Crippen LogP contribution is -2.33. The quantitative estimate of drug-likeness (QED) is 0.517. The largest absolute Gasteiger partial charge is 0.452 e. The molecule has 1 aliphatic heterocycles. The zero-order chi connectivity index (χ0) is 21.5. The van der Waals surface area contributed by atoms with E-state index in [-0.39, 0.29) is 12.3 Å². The van der Waals surface area contributed by atoms with Crippen molar-refractivity contribution in [2.24, 2.45) is 5.92 Å². The van der Waals surface area contributed by atoms with Gasteiger partial charge in [0.1, 0.15) is 0 Å². The van der Waals surface area contributed by atoms with Gasteiger partial charge in [0.05, 0.1) is 11.6 Å². The second-order valence-electron chi connectivity index (χ2n) is 7.25. The lowest BCUT2D eigenvalue weighted by Gasteiger charge is -2.18. The van der Waals surface area contributed by atoms with Crippen LogP contribution in [0.4, 0.5) is 5.69 Å². The first kappa shape index (κ1) is 21.9. The van der Waals surface area contributed by atoms with Gasteiger partial charge in [-0.1, -0.05) is 42.5 Å². The SMILES string of the molecule is CSc1ccccc1NC(=O)[C@@H](C)OC(=O)[C@H]1CC(=O)N(CCc2ccccc2)C1. The van der Waals surface area contributed by atoms with Crippen LogP contribution in [0.15, 0.2) is 59.5 Å². The van der Waals surface area contributed by atoms with Gasteiger partial charge < -0.3 is 15.0 Å². The molecule has 0 spiro atoms. The van der Waals surface area contributed by atoms with E-state index in [9.17, 15) is 14.4 Å². The average Bonchev–Trinajstić information content (AvgIpc) is 3.14. The van der Waals surface area contributed by atoms with E-state index in [1.54, 1.807) is 17.9 Å². The predicted molar refractivity (Wildman–Crippen MR) is 117 cm³/mol. The minimum Gasteiger partial charge on any atom is -0.452 e. The Morgan fingerprint density at radius 2 is 1.87 bits per heavy atom. The second-order valence-corrected chi connectivity index (χ2v) is 8.09. The number of likely N-dealkylation sites (tertiary alicyclic amines) is 1. The summed E-state index contributed by atoms with van der Waals surface area (Å²) in [6.07, 6.45) is 1.84. The van der Waals surface area contributed by atoms with E-state index in [0.717, 1.165) is 16.9 Å². The normalized spacial score (nSPS) is 16.9. The zero-order valence-corrected chi connectivity index (χ0v) is 18.0. The molecule has 0 radical (unpaired) electrons. The van der Waals surface area contributed by atoms with Crippen LogP contribution in [0.1, 0.15) is 18.9 Å². The number of para-hydroxylation sites is 1. The van der Waals surface area contributed by atoms with Crippen LogP contribution < -0.4 is 5.32 Å². The minimum atomic E-state index is -0.944. The van der Waals surface area contributed by atoms with Gasteiger partial charge in [-0.3, -0.25) is 14.4 Å². The fourth-order valence-electron chi connectivity index (χ4n) is 3.36. The summed E-state index contributed by atoms with van der Waals surface area (Å²) in [6.45, 7) is 2.43.